The summed E-state index contributed by atoms with van der Waals surface area (Å²) in [6.45, 7) is 1.35. The number of hydrogen-bond acceptors (Lipinski definition) is 5. The first-order chi connectivity index (χ1) is 13.1. The van der Waals surface area contributed by atoms with Crippen LogP contribution in [0.25, 0.3) is 11.1 Å². The Morgan fingerprint density at radius 2 is 1.81 bits per heavy atom. The zero-order chi connectivity index (χ0) is 19.2. The summed E-state index contributed by atoms with van der Waals surface area (Å²) < 4.78 is 5.21. The molecule has 0 radical (unpaired) electrons. The van der Waals surface area contributed by atoms with E-state index in [0.717, 1.165) is 23.1 Å². The highest BCUT2D eigenvalue weighted by molar-refractivity contribution is 5.83. The number of fused-ring (bicyclic) bond motifs is 3. The van der Waals surface area contributed by atoms with Crippen molar-refractivity contribution in [3.63, 3.8) is 0 Å². The largest absolute Gasteiger partial charge is 0.445 e. The number of carbonyl (C=O) groups is 3. The number of hydrogen-bond donors (Lipinski definition) is 2. The molecule has 0 saturated carbocycles. The fourth-order valence-corrected chi connectivity index (χ4v) is 2.93. The molecule has 2 amide bonds. The summed E-state index contributed by atoms with van der Waals surface area (Å²) in [5.74, 6) is -1.21. The lowest BCUT2D eigenvalue weighted by Crippen LogP contribution is -2.38. The highest BCUT2D eigenvalue weighted by Gasteiger charge is 2.20. The van der Waals surface area contributed by atoms with E-state index in [-0.39, 0.29) is 19.6 Å². The molecular weight excluding hydrogens is 348 g/mol. The average Bonchev–Trinajstić information content (AvgIpc) is 3.08. The third kappa shape index (κ3) is 4.44. The summed E-state index contributed by atoms with van der Waals surface area (Å²) in [6.07, 6.45) is 0.221. The highest BCUT2D eigenvalue weighted by atomic mass is 16.7. The van der Waals surface area contributed by atoms with Crippen molar-refractivity contribution < 1.29 is 24.0 Å². The van der Waals surface area contributed by atoms with Gasteiger partial charge in [-0.25, -0.2) is 9.59 Å². The van der Waals surface area contributed by atoms with Crippen LogP contribution in [0.15, 0.2) is 42.5 Å². The zero-order valence-corrected chi connectivity index (χ0v) is 14.9. The first-order valence-corrected chi connectivity index (χ1v) is 8.66. The number of alkyl carbamates (subject to hydrolysis) is 1. The van der Waals surface area contributed by atoms with Gasteiger partial charge in [-0.2, -0.15) is 5.48 Å². The third-order valence-electron chi connectivity index (χ3n) is 4.27. The Morgan fingerprint density at radius 1 is 1.04 bits per heavy atom. The summed E-state index contributed by atoms with van der Waals surface area (Å²) >= 11 is 0. The molecule has 3 rings (SSSR count). The van der Waals surface area contributed by atoms with Crippen molar-refractivity contribution in [2.75, 3.05) is 6.54 Å². The van der Waals surface area contributed by atoms with Gasteiger partial charge in [0.25, 0.3) is 5.91 Å². The van der Waals surface area contributed by atoms with Crippen LogP contribution in [-0.4, -0.2) is 24.5 Å². The van der Waals surface area contributed by atoms with Gasteiger partial charge in [0.05, 0.1) is 0 Å². The predicted octanol–water partition coefficient (Wildman–Crippen LogP) is 2.47. The predicted molar refractivity (Wildman–Crippen MR) is 97.4 cm³/mol. The van der Waals surface area contributed by atoms with Gasteiger partial charge in [0.1, 0.15) is 13.2 Å². The number of carbonyl (C=O) groups excluding carboxylic acids is 3. The second kappa shape index (κ2) is 8.35. The van der Waals surface area contributed by atoms with Crippen molar-refractivity contribution >= 4 is 18.0 Å². The number of ether oxygens (including phenoxy) is 1. The van der Waals surface area contributed by atoms with Crippen LogP contribution in [0.1, 0.15) is 30.0 Å². The maximum Gasteiger partial charge on any atom is 0.407 e. The fraction of sp³-hybridized carbons (Fsp3) is 0.250. The minimum Gasteiger partial charge on any atom is -0.445 e. The van der Waals surface area contributed by atoms with E-state index < -0.39 is 18.0 Å². The minimum absolute atomic E-state index is 0.107. The van der Waals surface area contributed by atoms with E-state index in [1.54, 1.807) is 6.92 Å². The van der Waals surface area contributed by atoms with Crippen LogP contribution in [-0.2, 0) is 32.2 Å². The van der Waals surface area contributed by atoms with Crippen LogP contribution in [0.3, 0.4) is 0 Å². The van der Waals surface area contributed by atoms with Gasteiger partial charge in [-0.1, -0.05) is 49.4 Å². The Kier molecular flexibility index (Phi) is 5.71. The van der Waals surface area contributed by atoms with Crippen molar-refractivity contribution in [1.82, 2.24) is 10.8 Å². The second-order valence-electron chi connectivity index (χ2n) is 6.06. The molecule has 0 atom stereocenters. The summed E-state index contributed by atoms with van der Waals surface area (Å²) in [4.78, 5) is 38.7. The molecule has 0 unspecified atom stereocenters. The monoisotopic (exact) mass is 368 g/mol. The van der Waals surface area contributed by atoms with Crippen LogP contribution in [0.4, 0.5) is 4.79 Å². The van der Waals surface area contributed by atoms with Gasteiger partial charge in [0.15, 0.2) is 0 Å². The van der Waals surface area contributed by atoms with Crippen molar-refractivity contribution in [1.29, 1.82) is 0 Å². The lowest BCUT2D eigenvalue weighted by Gasteiger charge is -2.10. The van der Waals surface area contributed by atoms with Gasteiger partial charge in [-0.05, 0) is 34.2 Å². The van der Waals surface area contributed by atoms with Crippen molar-refractivity contribution in [3.05, 3.63) is 59.2 Å². The third-order valence-corrected chi connectivity index (χ3v) is 4.27. The molecule has 0 fully saturated rings. The van der Waals surface area contributed by atoms with Gasteiger partial charge < -0.3 is 14.9 Å². The van der Waals surface area contributed by atoms with Crippen LogP contribution < -0.4 is 10.8 Å². The van der Waals surface area contributed by atoms with E-state index in [9.17, 15) is 14.4 Å². The number of rotatable bonds is 5. The highest BCUT2D eigenvalue weighted by Crippen LogP contribution is 2.38. The number of amides is 2. The molecule has 0 bridgehead atoms. The van der Waals surface area contributed by atoms with E-state index >= 15 is 0 Å². The number of nitrogens with one attached hydrogen (secondary N) is 2. The van der Waals surface area contributed by atoms with Crippen LogP contribution in [0.5, 0.6) is 0 Å². The molecule has 27 heavy (non-hydrogen) atoms. The van der Waals surface area contributed by atoms with E-state index in [4.69, 9.17) is 4.74 Å². The van der Waals surface area contributed by atoms with Crippen LogP contribution in [0.2, 0.25) is 0 Å². The number of benzene rings is 2. The molecule has 2 N–H and O–H groups in total. The Bertz CT molecular complexity index is 878. The Hall–Kier alpha value is -3.35. The minimum atomic E-state index is -0.722. The summed E-state index contributed by atoms with van der Waals surface area (Å²) in [5, 5.41) is 2.31. The lowest BCUT2D eigenvalue weighted by molar-refractivity contribution is -0.157. The summed E-state index contributed by atoms with van der Waals surface area (Å²) in [5.41, 5.74) is 7.64. The first-order valence-electron chi connectivity index (χ1n) is 8.66. The molecule has 2 aromatic carbocycles. The molecular formula is C20H20N2O5. The topological polar surface area (TPSA) is 93.7 Å². The standard InChI is InChI=1S/C20H20N2O5/c1-2-19(24)27-22-18(23)11-21-20(25)26-12-14-7-5-9-16-15-8-4-3-6-13(15)10-17(14)16/h3-9H,2,10-12H2,1H3,(H,21,25)(H,22,23). The molecule has 0 aliphatic heterocycles. The van der Waals surface area contributed by atoms with E-state index in [2.05, 4.69) is 28.4 Å². The smallest absolute Gasteiger partial charge is 0.407 e. The van der Waals surface area contributed by atoms with Gasteiger partial charge in [-0.3, -0.25) is 4.79 Å². The zero-order valence-electron chi connectivity index (χ0n) is 14.9. The van der Waals surface area contributed by atoms with Gasteiger partial charge >= 0.3 is 12.1 Å². The molecule has 7 heteroatoms. The molecule has 0 aromatic heterocycles. The lowest BCUT2D eigenvalue weighted by atomic mass is 10.0. The van der Waals surface area contributed by atoms with Crippen molar-refractivity contribution in [2.24, 2.45) is 0 Å². The molecule has 0 heterocycles. The Labute approximate surface area is 156 Å². The quantitative estimate of drug-likeness (QED) is 0.675. The number of hydroxylamine groups is 1. The average molecular weight is 368 g/mol. The summed E-state index contributed by atoms with van der Waals surface area (Å²) in [7, 11) is 0. The normalized spacial score (nSPS) is 11.1. The van der Waals surface area contributed by atoms with Gasteiger partial charge in [0, 0.05) is 6.42 Å². The van der Waals surface area contributed by atoms with Gasteiger partial charge in [0.2, 0.25) is 0 Å². The maximum absolute atomic E-state index is 11.8. The van der Waals surface area contributed by atoms with Gasteiger partial charge in [-0.15, -0.1) is 0 Å². The van der Waals surface area contributed by atoms with Crippen molar-refractivity contribution in [2.45, 2.75) is 26.4 Å². The second-order valence-corrected chi connectivity index (χ2v) is 6.06. The van der Waals surface area contributed by atoms with E-state index in [0.29, 0.717) is 0 Å². The SMILES string of the molecule is CCC(=O)ONC(=O)CNC(=O)OCc1cccc2c1Cc1ccccc1-2. The first kappa shape index (κ1) is 18.4. The maximum atomic E-state index is 11.8. The molecule has 2 aromatic rings. The van der Waals surface area contributed by atoms with Crippen LogP contribution in [0, 0.1) is 0 Å². The molecule has 0 spiro atoms. The molecule has 7 nitrogen and oxygen atoms in total. The molecule has 0 saturated heterocycles. The molecule has 140 valence electrons. The van der Waals surface area contributed by atoms with Crippen molar-refractivity contribution in [3.8, 4) is 11.1 Å². The van der Waals surface area contributed by atoms with Crippen LogP contribution >= 0.6 is 0 Å². The summed E-state index contributed by atoms with van der Waals surface area (Å²) in [6, 6.07) is 14.1. The molecule has 1 aliphatic rings. The Balaban J connectivity index is 1.51. The Morgan fingerprint density at radius 3 is 2.63 bits per heavy atom. The molecule has 1 aliphatic carbocycles. The van der Waals surface area contributed by atoms with E-state index in [1.807, 2.05) is 29.7 Å². The fourth-order valence-electron chi connectivity index (χ4n) is 2.93. The van der Waals surface area contributed by atoms with E-state index in [1.165, 1.54) is 11.1 Å².